The summed E-state index contributed by atoms with van der Waals surface area (Å²) in [7, 11) is 0. The highest BCUT2D eigenvalue weighted by Crippen LogP contribution is 2.40. The maximum Gasteiger partial charge on any atom is 0.336 e. The first-order valence-electron chi connectivity index (χ1n) is 11.9. The van der Waals surface area contributed by atoms with Crippen molar-refractivity contribution in [2.45, 2.75) is 33.6 Å². The van der Waals surface area contributed by atoms with Crippen LogP contribution in [0.3, 0.4) is 0 Å². The maximum atomic E-state index is 13.0. The number of esters is 2. The van der Waals surface area contributed by atoms with Gasteiger partial charge in [-0.15, -0.1) is 11.3 Å². The number of rotatable bonds is 8. The summed E-state index contributed by atoms with van der Waals surface area (Å²) < 4.78 is 11.7. The fourth-order valence-corrected chi connectivity index (χ4v) is 5.29. The summed E-state index contributed by atoms with van der Waals surface area (Å²) in [6.45, 7) is 7.59. The molecule has 1 aliphatic heterocycles. The molecule has 9 heteroatoms. The van der Waals surface area contributed by atoms with E-state index in [0.29, 0.717) is 22.5 Å². The molecule has 0 fully saturated rings. The molecule has 0 radical (unpaired) electrons. The number of hydrogen-bond acceptors (Lipinski definition) is 8. The van der Waals surface area contributed by atoms with E-state index in [1.54, 1.807) is 13.8 Å². The number of thiazole rings is 1. The number of allylic oxidation sites excluding steroid dienone is 2. The molecule has 0 unspecified atom stereocenters. The fraction of sp³-hybridized carbons (Fsp3) is 0.250. The molecule has 7 nitrogen and oxygen atoms in total. The summed E-state index contributed by atoms with van der Waals surface area (Å²) in [4.78, 5) is 30.8. The number of benzene rings is 2. The van der Waals surface area contributed by atoms with Gasteiger partial charge in [-0.05, 0) is 57.5 Å². The SMILES string of the molecule is CCOC(=O)C1=C(C)NC(C)=C(C(=O)OCC)C1c1cccc(Nc2nc(-c3ccc(Br)cc3)cs2)c1. The van der Waals surface area contributed by atoms with Crippen molar-refractivity contribution in [3.63, 3.8) is 0 Å². The average molecular weight is 583 g/mol. The third kappa shape index (κ3) is 5.94. The second-order valence-corrected chi connectivity index (χ2v) is 10.1. The largest absolute Gasteiger partial charge is 0.463 e. The minimum atomic E-state index is -0.643. The number of anilines is 2. The number of nitrogens with zero attached hydrogens (tertiary/aromatic N) is 1. The minimum Gasteiger partial charge on any atom is -0.463 e. The number of nitrogens with one attached hydrogen (secondary N) is 2. The minimum absolute atomic E-state index is 0.228. The van der Waals surface area contributed by atoms with Crippen LogP contribution in [-0.4, -0.2) is 30.1 Å². The van der Waals surface area contributed by atoms with Crippen LogP contribution < -0.4 is 10.6 Å². The molecule has 37 heavy (non-hydrogen) atoms. The number of carbonyl (C=O) groups excluding carboxylic acids is 2. The normalized spacial score (nSPS) is 13.9. The summed E-state index contributed by atoms with van der Waals surface area (Å²) >= 11 is 4.96. The molecule has 1 aliphatic rings. The molecular formula is C28H28BrN3O4S. The Kier molecular flexibility index (Phi) is 8.45. The number of aromatic nitrogens is 1. The van der Waals surface area contributed by atoms with Gasteiger partial charge < -0.3 is 20.1 Å². The lowest BCUT2D eigenvalue weighted by molar-refractivity contribution is -0.139. The molecule has 0 bridgehead atoms. The second kappa shape index (κ2) is 11.7. The van der Waals surface area contributed by atoms with Crippen LogP contribution in [0.25, 0.3) is 11.3 Å². The van der Waals surface area contributed by atoms with E-state index in [1.807, 2.05) is 67.8 Å². The van der Waals surface area contributed by atoms with Gasteiger partial charge in [0, 0.05) is 32.5 Å². The average Bonchev–Trinajstić information content (AvgIpc) is 3.32. The molecule has 2 heterocycles. The Labute approximate surface area is 228 Å². The van der Waals surface area contributed by atoms with E-state index in [9.17, 15) is 9.59 Å². The monoisotopic (exact) mass is 581 g/mol. The first kappa shape index (κ1) is 26.6. The Hall–Kier alpha value is -3.43. The van der Waals surface area contributed by atoms with Crippen molar-refractivity contribution < 1.29 is 19.1 Å². The zero-order chi connectivity index (χ0) is 26.5. The number of hydrogen-bond donors (Lipinski definition) is 2. The Morgan fingerprint density at radius 2 is 1.62 bits per heavy atom. The molecule has 0 amide bonds. The molecule has 0 saturated heterocycles. The highest BCUT2D eigenvalue weighted by atomic mass is 79.9. The van der Waals surface area contributed by atoms with E-state index in [0.717, 1.165) is 32.1 Å². The van der Waals surface area contributed by atoms with Gasteiger partial charge in [0.05, 0.1) is 36.0 Å². The summed E-state index contributed by atoms with van der Waals surface area (Å²) in [6, 6.07) is 15.6. The quantitative estimate of drug-likeness (QED) is 0.287. The third-order valence-corrected chi connectivity index (χ3v) is 7.15. The van der Waals surface area contributed by atoms with Crippen molar-refractivity contribution in [2.75, 3.05) is 18.5 Å². The van der Waals surface area contributed by atoms with Gasteiger partial charge in [0.25, 0.3) is 0 Å². The lowest BCUT2D eigenvalue weighted by Crippen LogP contribution is -2.32. The lowest BCUT2D eigenvalue weighted by Gasteiger charge is -2.30. The number of halogens is 1. The van der Waals surface area contributed by atoms with Gasteiger partial charge in [-0.25, -0.2) is 14.6 Å². The molecule has 2 N–H and O–H groups in total. The fourth-order valence-electron chi connectivity index (χ4n) is 4.29. The topological polar surface area (TPSA) is 89.5 Å². The van der Waals surface area contributed by atoms with Crippen LogP contribution in [-0.2, 0) is 19.1 Å². The van der Waals surface area contributed by atoms with Gasteiger partial charge in [0.15, 0.2) is 5.13 Å². The Bertz CT molecular complexity index is 1340. The zero-order valence-electron chi connectivity index (χ0n) is 21.1. The lowest BCUT2D eigenvalue weighted by atomic mass is 9.80. The van der Waals surface area contributed by atoms with Crippen LogP contribution in [0.5, 0.6) is 0 Å². The van der Waals surface area contributed by atoms with Crippen LogP contribution in [0, 0.1) is 0 Å². The van der Waals surface area contributed by atoms with Gasteiger partial charge in [0.1, 0.15) is 0 Å². The summed E-state index contributed by atoms with van der Waals surface area (Å²) in [6.07, 6.45) is 0. The second-order valence-electron chi connectivity index (χ2n) is 8.37. The van der Waals surface area contributed by atoms with Gasteiger partial charge in [0.2, 0.25) is 0 Å². The number of dihydropyridines is 1. The van der Waals surface area contributed by atoms with Gasteiger partial charge in [-0.3, -0.25) is 0 Å². The van der Waals surface area contributed by atoms with Crippen LogP contribution >= 0.6 is 27.3 Å². The number of carbonyl (C=O) groups is 2. The van der Waals surface area contributed by atoms with E-state index in [1.165, 1.54) is 11.3 Å². The van der Waals surface area contributed by atoms with Crippen molar-refractivity contribution in [3.8, 4) is 11.3 Å². The smallest absolute Gasteiger partial charge is 0.336 e. The molecule has 0 atom stereocenters. The van der Waals surface area contributed by atoms with Crippen LogP contribution in [0.1, 0.15) is 39.2 Å². The molecule has 192 valence electrons. The predicted molar refractivity (Wildman–Crippen MR) is 150 cm³/mol. The standard InChI is InChI=1S/C28H28BrN3O4S/c1-5-35-26(33)23-16(3)30-17(4)24(27(34)36-6-2)25(23)19-8-7-9-21(14-19)31-28-32-22(15-37-28)18-10-12-20(29)13-11-18/h7-15,25,30H,5-6H2,1-4H3,(H,31,32). The highest BCUT2D eigenvalue weighted by Gasteiger charge is 2.38. The summed E-state index contributed by atoms with van der Waals surface area (Å²) in [5.41, 5.74) is 5.52. The Morgan fingerprint density at radius 3 is 2.22 bits per heavy atom. The highest BCUT2D eigenvalue weighted by molar-refractivity contribution is 9.10. The van der Waals surface area contributed by atoms with Crippen molar-refractivity contribution in [1.29, 1.82) is 0 Å². The van der Waals surface area contributed by atoms with E-state index in [2.05, 4.69) is 26.6 Å². The first-order chi connectivity index (χ1) is 17.8. The molecule has 1 aromatic heterocycles. The molecule has 3 aromatic rings. The Morgan fingerprint density at radius 1 is 1.00 bits per heavy atom. The van der Waals surface area contributed by atoms with Crippen molar-refractivity contribution in [3.05, 3.63) is 86.5 Å². The van der Waals surface area contributed by atoms with Crippen LogP contribution in [0.2, 0.25) is 0 Å². The van der Waals surface area contributed by atoms with Crippen LogP contribution in [0.4, 0.5) is 10.8 Å². The third-order valence-electron chi connectivity index (χ3n) is 5.87. The molecular weight excluding hydrogens is 554 g/mol. The van der Waals surface area contributed by atoms with Gasteiger partial charge in [-0.2, -0.15) is 0 Å². The zero-order valence-corrected chi connectivity index (χ0v) is 23.5. The van der Waals surface area contributed by atoms with E-state index in [-0.39, 0.29) is 13.2 Å². The molecule has 0 saturated carbocycles. The van der Waals surface area contributed by atoms with Crippen molar-refractivity contribution in [2.24, 2.45) is 0 Å². The predicted octanol–water partition coefficient (Wildman–Crippen LogP) is 6.68. The summed E-state index contributed by atoms with van der Waals surface area (Å²) in [5.74, 6) is -1.58. The molecule has 4 rings (SSSR count). The van der Waals surface area contributed by atoms with Crippen molar-refractivity contribution in [1.82, 2.24) is 10.3 Å². The number of ether oxygens (including phenoxy) is 2. The van der Waals surface area contributed by atoms with E-state index < -0.39 is 17.9 Å². The maximum absolute atomic E-state index is 13.0. The van der Waals surface area contributed by atoms with Crippen LogP contribution in [0.15, 0.2) is 80.9 Å². The van der Waals surface area contributed by atoms with Crippen molar-refractivity contribution >= 4 is 50.0 Å². The van der Waals surface area contributed by atoms with E-state index >= 15 is 0 Å². The van der Waals surface area contributed by atoms with Gasteiger partial charge in [-0.1, -0.05) is 40.2 Å². The summed E-state index contributed by atoms with van der Waals surface area (Å²) in [5, 5.41) is 9.26. The molecule has 2 aromatic carbocycles. The first-order valence-corrected chi connectivity index (χ1v) is 13.6. The van der Waals surface area contributed by atoms with Gasteiger partial charge >= 0.3 is 11.9 Å². The molecule has 0 spiro atoms. The Balaban J connectivity index is 1.69. The molecule has 0 aliphatic carbocycles. The van der Waals surface area contributed by atoms with E-state index in [4.69, 9.17) is 14.5 Å².